The van der Waals surface area contributed by atoms with Crippen molar-refractivity contribution < 1.29 is 9.84 Å². The van der Waals surface area contributed by atoms with Crippen LogP contribution in [-0.2, 0) is 4.74 Å². The number of nitrogens with zero attached hydrogens (tertiary/aromatic N) is 2. The summed E-state index contributed by atoms with van der Waals surface area (Å²) in [6.07, 6.45) is 2.88. The predicted molar refractivity (Wildman–Crippen MR) is 78.4 cm³/mol. The second kappa shape index (κ2) is 9.43. The summed E-state index contributed by atoms with van der Waals surface area (Å²) in [5.74, 6) is 0.535. The van der Waals surface area contributed by atoms with E-state index in [0.717, 1.165) is 6.42 Å². The summed E-state index contributed by atoms with van der Waals surface area (Å²) >= 11 is 0. The van der Waals surface area contributed by atoms with Crippen molar-refractivity contribution in [1.29, 1.82) is 5.41 Å². The minimum Gasteiger partial charge on any atom is -0.368 e. The topological polar surface area (TPSA) is 80.9 Å². The first-order valence-electron chi connectivity index (χ1n) is 6.01. The Morgan fingerprint density at radius 3 is 2.74 bits per heavy atom. The summed E-state index contributed by atoms with van der Waals surface area (Å²) in [6.45, 7) is 9.61. The average molecular weight is 268 g/mol. The Kier molecular flexibility index (Phi) is 8.69. The maximum absolute atomic E-state index is 9.42. The highest BCUT2D eigenvalue weighted by atomic mass is 16.6. The van der Waals surface area contributed by atoms with Crippen molar-refractivity contribution in [1.82, 2.24) is 10.2 Å². The van der Waals surface area contributed by atoms with Crippen LogP contribution in [0.1, 0.15) is 13.3 Å². The van der Waals surface area contributed by atoms with Crippen LogP contribution in [0.15, 0.2) is 29.5 Å². The molecule has 0 aliphatic rings. The van der Waals surface area contributed by atoms with Crippen LogP contribution in [0.2, 0.25) is 0 Å². The summed E-state index contributed by atoms with van der Waals surface area (Å²) in [5.41, 5.74) is 0.272. The highest BCUT2D eigenvalue weighted by molar-refractivity contribution is 6.01. The monoisotopic (exact) mass is 268 g/mol. The first-order valence-corrected chi connectivity index (χ1v) is 6.01. The molecule has 0 aromatic carbocycles. The van der Waals surface area contributed by atoms with Gasteiger partial charge in [0.2, 0.25) is 6.41 Å². The van der Waals surface area contributed by atoms with Crippen LogP contribution in [0.3, 0.4) is 0 Å². The number of hydrogen-bond donors (Lipinski definition) is 3. The van der Waals surface area contributed by atoms with Gasteiger partial charge in [-0.2, -0.15) is 0 Å². The molecule has 0 aromatic heterocycles. The van der Waals surface area contributed by atoms with E-state index in [4.69, 9.17) is 10.1 Å². The molecule has 0 fully saturated rings. The van der Waals surface area contributed by atoms with Gasteiger partial charge in [0.05, 0.1) is 5.71 Å². The number of aliphatic hydroxyl groups excluding tert-OH is 1. The van der Waals surface area contributed by atoms with E-state index in [1.54, 1.807) is 18.0 Å². The Labute approximate surface area is 115 Å². The Bertz CT molecular complexity index is 342. The van der Waals surface area contributed by atoms with Crippen molar-refractivity contribution in [3.05, 3.63) is 24.6 Å². The zero-order valence-corrected chi connectivity index (χ0v) is 11.9. The van der Waals surface area contributed by atoms with Crippen molar-refractivity contribution in [2.24, 2.45) is 4.99 Å². The maximum Gasteiger partial charge on any atom is 0.215 e. The molecule has 2 atom stereocenters. The molecule has 0 aliphatic heterocycles. The predicted octanol–water partition coefficient (Wildman–Crippen LogP) is 0.956. The van der Waals surface area contributed by atoms with Crippen LogP contribution in [0, 0.1) is 5.41 Å². The van der Waals surface area contributed by atoms with E-state index in [9.17, 15) is 5.11 Å². The van der Waals surface area contributed by atoms with Gasteiger partial charge in [0.1, 0.15) is 5.82 Å². The van der Waals surface area contributed by atoms with E-state index in [0.29, 0.717) is 12.4 Å². The fourth-order valence-electron chi connectivity index (χ4n) is 1.35. The van der Waals surface area contributed by atoms with E-state index >= 15 is 0 Å². The zero-order chi connectivity index (χ0) is 14.8. The number of nitrogens with one attached hydrogen (secondary N) is 2. The van der Waals surface area contributed by atoms with Crippen LogP contribution >= 0.6 is 0 Å². The molecule has 19 heavy (non-hydrogen) atoms. The van der Waals surface area contributed by atoms with E-state index in [-0.39, 0.29) is 11.8 Å². The molecule has 2 unspecified atom stereocenters. The van der Waals surface area contributed by atoms with Crippen LogP contribution < -0.4 is 5.32 Å². The van der Waals surface area contributed by atoms with Crippen molar-refractivity contribution in [2.75, 3.05) is 20.7 Å². The Morgan fingerprint density at radius 2 is 2.26 bits per heavy atom. The van der Waals surface area contributed by atoms with Crippen LogP contribution in [-0.4, -0.2) is 55.6 Å². The molecule has 6 nitrogen and oxygen atoms in total. The molecule has 3 N–H and O–H groups in total. The first-order chi connectivity index (χ1) is 8.94. The smallest absolute Gasteiger partial charge is 0.215 e. The first kappa shape index (κ1) is 17.5. The maximum atomic E-state index is 9.42. The number of allylic oxidation sites excluding steroid dienone is 2. The third-order valence-corrected chi connectivity index (χ3v) is 2.58. The second-order valence-corrected chi connectivity index (χ2v) is 4.22. The van der Waals surface area contributed by atoms with Crippen LogP contribution in [0.25, 0.3) is 0 Å². The van der Waals surface area contributed by atoms with Gasteiger partial charge in [0.15, 0.2) is 0 Å². The van der Waals surface area contributed by atoms with Crippen molar-refractivity contribution in [3.8, 4) is 0 Å². The third kappa shape index (κ3) is 7.50. The SMILES string of the molecule is C=CC(=N)/C=C(\N=C)NC(C)CCN(C)C(O)OC. The van der Waals surface area contributed by atoms with Gasteiger partial charge in [-0.1, -0.05) is 6.58 Å². The summed E-state index contributed by atoms with van der Waals surface area (Å²) in [5, 5.41) is 20.0. The second-order valence-electron chi connectivity index (χ2n) is 4.22. The lowest BCUT2D eigenvalue weighted by molar-refractivity contribution is -0.167. The molecule has 0 heterocycles. The summed E-state index contributed by atoms with van der Waals surface area (Å²) in [7, 11) is 3.23. The van der Waals surface area contributed by atoms with Gasteiger partial charge in [-0.15, -0.1) is 0 Å². The number of aliphatic hydroxyl groups is 1. The highest BCUT2D eigenvalue weighted by Gasteiger charge is 2.11. The molecule has 0 saturated heterocycles. The summed E-state index contributed by atoms with van der Waals surface area (Å²) in [4.78, 5) is 5.51. The normalized spacial score (nSPS) is 14.9. The van der Waals surface area contributed by atoms with Gasteiger partial charge in [-0.3, -0.25) is 4.90 Å². The van der Waals surface area contributed by atoms with Crippen molar-refractivity contribution in [2.45, 2.75) is 25.8 Å². The molecule has 0 radical (unpaired) electrons. The fraction of sp³-hybridized carbons (Fsp3) is 0.538. The van der Waals surface area contributed by atoms with E-state index in [2.05, 4.69) is 23.6 Å². The number of hydrogen-bond acceptors (Lipinski definition) is 6. The van der Waals surface area contributed by atoms with E-state index < -0.39 is 6.41 Å². The van der Waals surface area contributed by atoms with Gasteiger partial charge in [0.25, 0.3) is 0 Å². The minimum atomic E-state index is -0.895. The lowest BCUT2D eigenvalue weighted by atomic mass is 10.2. The van der Waals surface area contributed by atoms with E-state index in [1.165, 1.54) is 13.2 Å². The molecule has 108 valence electrons. The van der Waals surface area contributed by atoms with Gasteiger partial charge >= 0.3 is 0 Å². The number of rotatable bonds is 10. The summed E-state index contributed by atoms with van der Waals surface area (Å²) in [6, 6.07) is 0.126. The van der Waals surface area contributed by atoms with Gasteiger partial charge in [-0.25, -0.2) is 4.99 Å². The zero-order valence-electron chi connectivity index (χ0n) is 11.9. The van der Waals surface area contributed by atoms with Gasteiger partial charge in [0, 0.05) is 25.8 Å². The molecule has 0 saturated carbocycles. The average Bonchev–Trinajstić information content (AvgIpc) is 2.42. The fourth-order valence-corrected chi connectivity index (χ4v) is 1.35. The van der Waals surface area contributed by atoms with Crippen LogP contribution in [0.4, 0.5) is 0 Å². The Balaban J connectivity index is 4.25. The molecular formula is C13H24N4O2. The summed E-state index contributed by atoms with van der Waals surface area (Å²) < 4.78 is 4.80. The Morgan fingerprint density at radius 1 is 1.63 bits per heavy atom. The molecule has 6 heteroatoms. The molecular weight excluding hydrogens is 244 g/mol. The molecule has 0 bridgehead atoms. The van der Waals surface area contributed by atoms with Crippen LogP contribution in [0.5, 0.6) is 0 Å². The number of ether oxygens (including phenoxy) is 1. The molecule has 0 aromatic rings. The van der Waals surface area contributed by atoms with E-state index in [1.807, 2.05) is 6.92 Å². The van der Waals surface area contributed by atoms with Crippen molar-refractivity contribution >= 4 is 12.4 Å². The molecule has 0 spiro atoms. The minimum absolute atomic E-state index is 0.126. The third-order valence-electron chi connectivity index (χ3n) is 2.58. The largest absolute Gasteiger partial charge is 0.368 e. The quantitative estimate of drug-likeness (QED) is 0.407. The van der Waals surface area contributed by atoms with Gasteiger partial charge < -0.3 is 20.6 Å². The molecule has 0 rings (SSSR count). The number of aliphatic imine (C=N–C) groups is 1. The van der Waals surface area contributed by atoms with Crippen molar-refractivity contribution in [3.63, 3.8) is 0 Å². The molecule has 0 amide bonds. The van der Waals surface area contributed by atoms with Gasteiger partial charge in [-0.05, 0) is 33.2 Å². The standard InChI is InChI=1S/C13H24N4O2/c1-6-11(14)9-12(15-3)16-10(2)7-8-17(4)13(18)19-5/h6,9-10,13-14,16,18H,1,3,7-8H2,2,4-5H3/b12-9+,14-11?. The number of methoxy groups -OCH3 is 1. The lowest BCUT2D eigenvalue weighted by Gasteiger charge is -2.23. The molecule has 0 aliphatic carbocycles. The highest BCUT2D eigenvalue weighted by Crippen LogP contribution is 2.01. The Hall–Kier alpha value is -1.50. The lowest BCUT2D eigenvalue weighted by Crippen LogP contribution is -2.37.